The molecule has 128 valence electrons. The number of anilines is 1. The van der Waals surface area contributed by atoms with E-state index >= 15 is 0 Å². The van der Waals surface area contributed by atoms with Crippen molar-refractivity contribution in [3.8, 4) is 5.75 Å². The Morgan fingerprint density at radius 3 is 2.54 bits per heavy atom. The third-order valence-electron chi connectivity index (χ3n) is 4.12. The second-order valence-electron chi connectivity index (χ2n) is 6.32. The molecule has 0 radical (unpaired) electrons. The molecule has 1 aliphatic rings. The fraction of sp³-hybridized carbons (Fsp3) is 0.421. The summed E-state index contributed by atoms with van der Waals surface area (Å²) in [4.78, 5) is 17.7. The summed E-state index contributed by atoms with van der Waals surface area (Å²) < 4.78 is 5.95. The van der Waals surface area contributed by atoms with Crippen molar-refractivity contribution in [3.05, 3.63) is 46.2 Å². The number of benzene rings is 1. The second-order valence-corrected chi connectivity index (χ2v) is 7.52. The van der Waals surface area contributed by atoms with Crippen LogP contribution in [0.4, 0.5) is 5.69 Å². The third kappa shape index (κ3) is 4.16. The zero-order chi connectivity index (χ0) is 16.9. The Balaban J connectivity index is 1.60. The quantitative estimate of drug-likeness (QED) is 0.749. The van der Waals surface area contributed by atoms with Gasteiger partial charge in [0.2, 0.25) is 0 Å². The second kappa shape index (κ2) is 7.81. The van der Waals surface area contributed by atoms with Gasteiger partial charge < -0.3 is 9.64 Å². The van der Waals surface area contributed by atoms with E-state index in [-0.39, 0.29) is 6.10 Å². The molecule has 1 saturated heterocycles. The van der Waals surface area contributed by atoms with E-state index in [1.165, 1.54) is 10.6 Å². The summed E-state index contributed by atoms with van der Waals surface area (Å²) in [7, 11) is 0. The van der Waals surface area contributed by atoms with Gasteiger partial charge >= 0.3 is 0 Å². The van der Waals surface area contributed by atoms with Gasteiger partial charge in [-0.1, -0.05) is 12.1 Å². The minimum atomic E-state index is 0.179. The summed E-state index contributed by atoms with van der Waals surface area (Å²) >= 11 is 1.59. The van der Waals surface area contributed by atoms with E-state index in [9.17, 15) is 4.79 Å². The molecule has 0 aliphatic carbocycles. The number of piperazine rings is 1. The maximum absolute atomic E-state index is 10.8. The highest BCUT2D eigenvalue weighted by Crippen LogP contribution is 2.30. The van der Waals surface area contributed by atoms with Crippen LogP contribution in [0.1, 0.15) is 28.4 Å². The molecule has 0 N–H and O–H groups in total. The van der Waals surface area contributed by atoms with Crippen LogP contribution >= 0.6 is 11.3 Å². The predicted molar refractivity (Wildman–Crippen MR) is 99.4 cm³/mol. The van der Waals surface area contributed by atoms with E-state index in [2.05, 4.69) is 41.8 Å². The summed E-state index contributed by atoms with van der Waals surface area (Å²) in [6, 6.07) is 12.3. The number of carbonyl (C=O) groups is 1. The first-order chi connectivity index (χ1) is 11.7. The lowest BCUT2D eigenvalue weighted by molar-refractivity contribution is 0.112. The minimum absolute atomic E-state index is 0.179. The minimum Gasteiger partial charge on any atom is -0.489 e. The van der Waals surface area contributed by atoms with Gasteiger partial charge in [0.1, 0.15) is 5.75 Å². The highest BCUT2D eigenvalue weighted by Gasteiger charge is 2.20. The molecule has 0 atom stereocenters. The van der Waals surface area contributed by atoms with Crippen molar-refractivity contribution >= 4 is 23.3 Å². The Labute approximate surface area is 147 Å². The van der Waals surface area contributed by atoms with Crippen molar-refractivity contribution in [1.29, 1.82) is 0 Å². The van der Waals surface area contributed by atoms with Gasteiger partial charge in [-0.15, -0.1) is 11.3 Å². The van der Waals surface area contributed by atoms with Crippen molar-refractivity contribution < 1.29 is 9.53 Å². The number of para-hydroxylation sites is 2. The van der Waals surface area contributed by atoms with E-state index in [0.717, 1.165) is 49.6 Å². The molecule has 1 aromatic carbocycles. The fourth-order valence-corrected chi connectivity index (χ4v) is 3.85. The molecule has 24 heavy (non-hydrogen) atoms. The molecule has 1 aromatic heterocycles. The Kier molecular flexibility index (Phi) is 5.53. The van der Waals surface area contributed by atoms with Crippen molar-refractivity contribution in [2.45, 2.75) is 26.5 Å². The van der Waals surface area contributed by atoms with Crippen molar-refractivity contribution in [2.75, 3.05) is 31.1 Å². The molecular weight excluding hydrogens is 320 g/mol. The number of hydrogen-bond acceptors (Lipinski definition) is 5. The zero-order valence-electron chi connectivity index (χ0n) is 14.3. The number of aldehydes is 1. The van der Waals surface area contributed by atoms with Crippen LogP contribution in [0.25, 0.3) is 0 Å². The van der Waals surface area contributed by atoms with Gasteiger partial charge in [-0.25, -0.2) is 0 Å². The van der Waals surface area contributed by atoms with Gasteiger partial charge in [0, 0.05) is 37.6 Å². The lowest BCUT2D eigenvalue weighted by atomic mass is 10.2. The van der Waals surface area contributed by atoms with Crippen molar-refractivity contribution in [2.24, 2.45) is 0 Å². The fourth-order valence-electron chi connectivity index (χ4n) is 2.98. The molecule has 1 aliphatic heterocycles. The number of rotatable bonds is 6. The van der Waals surface area contributed by atoms with E-state index in [1.807, 2.05) is 18.2 Å². The van der Waals surface area contributed by atoms with Crippen LogP contribution in [-0.2, 0) is 6.54 Å². The zero-order valence-corrected chi connectivity index (χ0v) is 15.1. The summed E-state index contributed by atoms with van der Waals surface area (Å²) in [6.45, 7) is 9.06. The normalized spacial score (nSPS) is 15.7. The van der Waals surface area contributed by atoms with Gasteiger partial charge in [-0.3, -0.25) is 9.69 Å². The first kappa shape index (κ1) is 17.0. The maximum atomic E-state index is 10.8. The van der Waals surface area contributed by atoms with Crippen molar-refractivity contribution in [3.63, 3.8) is 0 Å². The molecule has 0 saturated carbocycles. The molecule has 5 heteroatoms. The van der Waals surface area contributed by atoms with Crippen LogP contribution in [0.2, 0.25) is 0 Å². The summed E-state index contributed by atoms with van der Waals surface area (Å²) in [5.74, 6) is 0.967. The number of carbonyl (C=O) groups excluding carboxylic acids is 1. The Bertz CT molecular complexity index is 676. The summed E-state index contributed by atoms with van der Waals surface area (Å²) in [5, 5.41) is 0. The van der Waals surface area contributed by atoms with Gasteiger partial charge in [-0.2, -0.15) is 0 Å². The first-order valence-electron chi connectivity index (χ1n) is 8.42. The van der Waals surface area contributed by atoms with Crippen molar-refractivity contribution in [1.82, 2.24) is 4.90 Å². The largest absolute Gasteiger partial charge is 0.489 e. The molecule has 0 amide bonds. The topological polar surface area (TPSA) is 32.8 Å². The van der Waals surface area contributed by atoms with Crippen LogP contribution < -0.4 is 9.64 Å². The molecule has 2 heterocycles. The average Bonchev–Trinajstić information content (AvgIpc) is 3.03. The lowest BCUT2D eigenvalue weighted by Crippen LogP contribution is -2.46. The number of nitrogens with zero attached hydrogens (tertiary/aromatic N) is 2. The summed E-state index contributed by atoms with van der Waals surface area (Å²) in [5.41, 5.74) is 1.19. The Morgan fingerprint density at radius 2 is 1.88 bits per heavy atom. The third-order valence-corrected chi connectivity index (χ3v) is 5.11. The average molecular weight is 344 g/mol. The standard InChI is InChI=1S/C19H24N2O2S/c1-15(2)23-19-6-4-3-5-18(19)21-11-9-20(10-12-21)13-16-7-8-17(14-22)24-16/h3-8,14-15H,9-13H2,1-2H3. The van der Waals surface area contributed by atoms with Crippen LogP contribution in [0.5, 0.6) is 5.75 Å². The molecule has 4 nitrogen and oxygen atoms in total. The first-order valence-corrected chi connectivity index (χ1v) is 9.24. The smallest absolute Gasteiger partial charge is 0.160 e. The highest BCUT2D eigenvalue weighted by atomic mass is 32.1. The van der Waals surface area contributed by atoms with E-state index in [1.54, 1.807) is 11.3 Å². The SMILES string of the molecule is CC(C)Oc1ccccc1N1CCN(Cc2ccc(C=O)s2)CC1. The highest BCUT2D eigenvalue weighted by molar-refractivity contribution is 7.13. The Hall–Kier alpha value is -1.85. The van der Waals surface area contributed by atoms with E-state index in [0.29, 0.717) is 0 Å². The maximum Gasteiger partial charge on any atom is 0.160 e. The van der Waals surface area contributed by atoms with Gasteiger partial charge in [0.05, 0.1) is 16.7 Å². The predicted octanol–water partition coefficient (Wildman–Crippen LogP) is 3.67. The number of hydrogen-bond donors (Lipinski definition) is 0. The molecule has 2 aromatic rings. The molecule has 0 spiro atoms. The van der Waals surface area contributed by atoms with Gasteiger partial charge in [-0.05, 0) is 38.1 Å². The van der Waals surface area contributed by atoms with Crippen LogP contribution in [0.15, 0.2) is 36.4 Å². The number of ether oxygens (including phenoxy) is 1. The Morgan fingerprint density at radius 1 is 1.12 bits per heavy atom. The molecular formula is C19H24N2O2S. The van der Waals surface area contributed by atoms with Crippen LogP contribution in [-0.4, -0.2) is 43.5 Å². The lowest BCUT2D eigenvalue weighted by Gasteiger charge is -2.36. The molecule has 3 rings (SSSR count). The molecule has 0 bridgehead atoms. The van der Waals surface area contributed by atoms with Crippen LogP contribution in [0, 0.1) is 0 Å². The van der Waals surface area contributed by atoms with Gasteiger partial charge in [0.15, 0.2) is 6.29 Å². The van der Waals surface area contributed by atoms with E-state index in [4.69, 9.17) is 4.74 Å². The molecule has 1 fully saturated rings. The summed E-state index contributed by atoms with van der Waals surface area (Å²) in [6.07, 6.45) is 1.11. The number of thiophene rings is 1. The van der Waals surface area contributed by atoms with E-state index < -0.39 is 0 Å². The van der Waals surface area contributed by atoms with Crippen LogP contribution in [0.3, 0.4) is 0 Å². The van der Waals surface area contributed by atoms with Gasteiger partial charge in [0.25, 0.3) is 0 Å². The monoisotopic (exact) mass is 344 g/mol. The molecule has 0 unspecified atom stereocenters.